The number of carboxylic acid groups (broad SMARTS) is 1. The van der Waals surface area contributed by atoms with Gasteiger partial charge in [-0.3, -0.25) is 4.79 Å². The highest BCUT2D eigenvalue weighted by atomic mass is 16.5. The fraction of sp³-hybridized carbons (Fsp3) is 0.333. The van der Waals surface area contributed by atoms with Crippen molar-refractivity contribution in [2.45, 2.75) is 13.8 Å². The van der Waals surface area contributed by atoms with E-state index < -0.39 is 5.97 Å². The van der Waals surface area contributed by atoms with E-state index in [0.717, 1.165) is 43.1 Å². The molecule has 6 nitrogen and oxygen atoms in total. The molecule has 1 aliphatic heterocycles. The van der Waals surface area contributed by atoms with Crippen LogP contribution < -0.4 is 15.3 Å². The van der Waals surface area contributed by atoms with Gasteiger partial charge in [0.15, 0.2) is 6.54 Å². The Kier molecular flexibility index (Phi) is 7.98. The van der Waals surface area contributed by atoms with Gasteiger partial charge in [0, 0.05) is 11.3 Å². The van der Waals surface area contributed by atoms with Crippen molar-refractivity contribution in [2.24, 2.45) is 0 Å². The van der Waals surface area contributed by atoms with Gasteiger partial charge in [-0.1, -0.05) is 42.5 Å². The van der Waals surface area contributed by atoms with Crippen LogP contribution in [0.25, 0.3) is 0 Å². The molecule has 0 atom stereocenters. The fourth-order valence-corrected chi connectivity index (χ4v) is 2.77. The van der Waals surface area contributed by atoms with Gasteiger partial charge in [0.1, 0.15) is 13.1 Å². The van der Waals surface area contributed by atoms with Gasteiger partial charge in [-0.25, -0.2) is 0 Å². The van der Waals surface area contributed by atoms with E-state index in [1.807, 2.05) is 31.2 Å². The zero-order valence-corrected chi connectivity index (χ0v) is 15.8. The minimum atomic E-state index is -1.11. The van der Waals surface area contributed by atoms with Gasteiger partial charge in [0.2, 0.25) is 0 Å². The maximum atomic E-state index is 11.9. The van der Waals surface area contributed by atoms with Crippen molar-refractivity contribution >= 4 is 17.6 Å². The van der Waals surface area contributed by atoms with Crippen LogP contribution in [0.4, 0.5) is 5.69 Å². The molecule has 0 aliphatic carbocycles. The first-order valence-corrected chi connectivity index (χ1v) is 9.01. The summed E-state index contributed by atoms with van der Waals surface area (Å²) in [5, 5.41) is 13.3. The van der Waals surface area contributed by atoms with Crippen LogP contribution in [0.3, 0.4) is 0 Å². The number of carbonyl (C=O) groups excluding carboxylic acids is 2. The number of hydrogen-bond donors (Lipinski definition) is 2. The third-order valence-corrected chi connectivity index (χ3v) is 4.39. The van der Waals surface area contributed by atoms with E-state index in [1.54, 1.807) is 25.1 Å². The van der Waals surface area contributed by atoms with E-state index >= 15 is 0 Å². The predicted octanol–water partition coefficient (Wildman–Crippen LogP) is 0.207. The number of nitrogens with one attached hydrogen (secondary N) is 2. The molecule has 27 heavy (non-hydrogen) atoms. The molecule has 6 heteroatoms. The average molecular weight is 370 g/mol. The molecule has 1 heterocycles. The molecule has 0 radical (unpaired) electrons. The van der Waals surface area contributed by atoms with Crippen LogP contribution in [0.1, 0.15) is 21.5 Å². The van der Waals surface area contributed by atoms with Crippen molar-refractivity contribution in [1.82, 2.24) is 0 Å². The lowest BCUT2D eigenvalue weighted by Crippen LogP contribution is -3.15. The normalized spacial score (nSPS) is 14.0. The minimum absolute atomic E-state index is 0.0798. The molecule has 0 aromatic heterocycles. The van der Waals surface area contributed by atoms with Gasteiger partial charge in [-0.2, -0.15) is 0 Å². The van der Waals surface area contributed by atoms with Crippen molar-refractivity contribution in [1.29, 1.82) is 0 Å². The molecule has 0 spiro atoms. The molecule has 2 N–H and O–H groups in total. The highest BCUT2D eigenvalue weighted by Gasteiger charge is 2.17. The largest absolute Gasteiger partial charge is 0.545 e. The van der Waals surface area contributed by atoms with Gasteiger partial charge >= 0.3 is 0 Å². The first kappa shape index (κ1) is 20.6. The molecule has 144 valence electrons. The van der Waals surface area contributed by atoms with Gasteiger partial charge in [0.25, 0.3) is 5.91 Å². The number of hydrogen-bond acceptors (Lipinski definition) is 4. The first-order chi connectivity index (χ1) is 13.0. The van der Waals surface area contributed by atoms with E-state index in [2.05, 4.69) is 5.32 Å². The molecular weight excluding hydrogens is 344 g/mol. The molecule has 0 bridgehead atoms. The van der Waals surface area contributed by atoms with Crippen molar-refractivity contribution in [2.75, 3.05) is 38.2 Å². The van der Waals surface area contributed by atoms with Crippen molar-refractivity contribution in [3.8, 4) is 0 Å². The van der Waals surface area contributed by atoms with Gasteiger partial charge < -0.3 is 24.9 Å². The second-order valence-electron chi connectivity index (χ2n) is 6.50. The second-order valence-corrected chi connectivity index (χ2v) is 6.50. The molecule has 2 aromatic rings. The molecule has 1 saturated heterocycles. The summed E-state index contributed by atoms with van der Waals surface area (Å²) in [5.41, 5.74) is 3.01. The lowest BCUT2D eigenvalue weighted by atomic mass is 10.1. The Balaban J connectivity index is 0.000000223. The van der Waals surface area contributed by atoms with Gasteiger partial charge in [0.05, 0.1) is 19.2 Å². The number of morpholine rings is 1. The smallest absolute Gasteiger partial charge is 0.279 e. The Labute approximate surface area is 159 Å². The summed E-state index contributed by atoms with van der Waals surface area (Å²) in [6.45, 7) is 7.61. The van der Waals surface area contributed by atoms with Crippen LogP contribution in [0.2, 0.25) is 0 Å². The number of amides is 1. The number of carbonyl (C=O) groups is 2. The number of aromatic carboxylic acids is 1. The van der Waals surface area contributed by atoms with Crippen LogP contribution in [-0.4, -0.2) is 44.7 Å². The zero-order chi connectivity index (χ0) is 19.6. The molecular formula is C21H26N2O4. The maximum Gasteiger partial charge on any atom is 0.279 e. The highest BCUT2D eigenvalue weighted by molar-refractivity contribution is 5.92. The average Bonchev–Trinajstić information content (AvgIpc) is 2.65. The Morgan fingerprint density at radius 1 is 1.00 bits per heavy atom. The zero-order valence-electron chi connectivity index (χ0n) is 15.8. The van der Waals surface area contributed by atoms with Crippen LogP contribution in [-0.2, 0) is 9.53 Å². The van der Waals surface area contributed by atoms with Crippen molar-refractivity contribution in [3.63, 3.8) is 0 Å². The molecule has 0 saturated carbocycles. The van der Waals surface area contributed by atoms with Crippen molar-refractivity contribution in [3.05, 3.63) is 65.2 Å². The lowest BCUT2D eigenvalue weighted by molar-refractivity contribution is -0.899. The number of aryl methyl sites for hydroxylation is 2. The van der Waals surface area contributed by atoms with Crippen molar-refractivity contribution < 1.29 is 24.3 Å². The number of anilines is 1. The Bertz CT molecular complexity index is 770. The number of quaternary nitrogens is 1. The van der Waals surface area contributed by atoms with Gasteiger partial charge in [-0.15, -0.1) is 0 Å². The molecule has 1 amide bonds. The van der Waals surface area contributed by atoms with E-state index in [9.17, 15) is 14.7 Å². The standard InChI is InChI=1S/C13H18N2O2.C8H8O2/c1-11-4-2-3-5-12(11)14-13(16)10-15-6-8-17-9-7-15;1-6-4-2-3-5-7(6)8(9)10/h2-5H,6-10H2,1H3,(H,14,16);2-5H,1H3,(H,9,10). The Morgan fingerprint density at radius 3 is 2.15 bits per heavy atom. The monoisotopic (exact) mass is 370 g/mol. The van der Waals surface area contributed by atoms with Crippen LogP contribution in [0.5, 0.6) is 0 Å². The molecule has 1 fully saturated rings. The summed E-state index contributed by atoms with van der Waals surface area (Å²) in [6, 6.07) is 14.6. The maximum absolute atomic E-state index is 11.9. The third-order valence-electron chi connectivity index (χ3n) is 4.39. The Morgan fingerprint density at radius 2 is 1.59 bits per heavy atom. The highest BCUT2D eigenvalue weighted by Crippen LogP contribution is 2.12. The number of carboxylic acids is 1. The SMILES string of the molecule is Cc1ccccc1C(=O)[O-].Cc1ccccc1NC(=O)C[NH+]1CCOCC1. The van der Waals surface area contributed by atoms with Gasteiger partial charge in [-0.05, 0) is 31.0 Å². The van der Waals surface area contributed by atoms with E-state index in [1.165, 1.54) is 11.0 Å². The molecule has 2 aromatic carbocycles. The third kappa shape index (κ3) is 6.84. The lowest BCUT2D eigenvalue weighted by Gasteiger charge is -2.23. The first-order valence-electron chi connectivity index (χ1n) is 9.01. The number of para-hydroxylation sites is 1. The number of rotatable bonds is 4. The molecule has 1 aliphatic rings. The summed E-state index contributed by atoms with van der Waals surface area (Å²) in [5.74, 6) is -1.03. The fourth-order valence-electron chi connectivity index (χ4n) is 2.77. The van der Waals surface area contributed by atoms with Crippen LogP contribution in [0.15, 0.2) is 48.5 Å². The number of ether oxygens (including phenoxy) is 1. The second kappa shape index (κ2) is 10.4. The minimum Gasteiger partial charge on any atom is -0.545 e. The van der Waals surface area contributed by atoms with Crippen LogP contribution in [0, 0.1) is 13.8 Å². The molecule has 3 rings (SSSR count). The quantitative estimate of drug-likeness (QED) is 0.806. The summed E-state index contributed by atoms with van der Waals surface area (Å²) >= 11 is 0. The predicted molar refractivity (Wildman–Crippen MR) is 102 cm³/mol. The number of benzene rings is 2. The Hall–Kier alpha value is -2.70. The summed E-state index contributed by atoms with van der Waals surface area (Å²) in [4.78, 5) is 23.5. The van der Waals surface area contributed by atoms with E-state index in [0.29, 0.717) is 6.54 Å². The summed E-state index contributed by atoms with van der Waals surface area (Å²) in [7, 11) is 0. The molecule has 0 unspecified atom stereocenters. The van der Waals surface area contributed by atoms with Crippen LogP contribution >= 0.6 is 0 Å². The summed E-state index contributed by atoms with van der Waals surface area (Å²) in [6.07, 6.45) is 0. The topological polar surface area (TPSA) is 82.9 Å². The van der Waals surface area contributed by atoms with E-state index in [4.69, 9.17) is 4.74 Å². The summed E-state index contributed by atoms with van der Waals surface area (Å²) < 4.78 is 5.27. The van der Waals surface area contributed by atoms with E-state index in [-0.39, 0.29) is 11.5 Å².